The molecule has 1 aromatic rings. The minimum absolute atomic E-state index is 0.109. The van der Waals surface area contributed by atoms with E-state index in [0.29, 0.717) is 12.1 Å². The lowest BCUT2D eigenvalue weighted by molar-refractivity contribution is 0.0773. The number of likely N-dealkylation sites (N-methyl/N-ethyl adjacent to an activating group) is 1. The topological polar surface area (TPSA) is 25.2 Å². The molecule has 1 amide bonds. The Morgan fingerprint density at radius 3 is 2.20 bits per heavy atom. The van der Waals surface area contributed by atoms with Crippen molar-refractivity contribution in [2.75, 3.05) is 13.6 Å². The fraction of sp³-hybridized carbons (Fsp3) is 0.762. The lowest BCUT2D eigenvalue weighted by atomic mass is 9.90. The Morgan fingerprint density at radius 1 is 1.04 bits per heavy atom. The Labute approximate surface area is 152 Å². The molecule has 0 saturated carbocycles. The standard InChI is InChI=1S/C13H17FN2O.C8H18/c1-13(2)6-9-11(14)10-8(16(9)7-13)4-5-15(3)12(10)17;1-3-5-7-8-6-4-2/h4-7H2,1-3H3;3-8H2,1-2H3. The maximum atomic E-state index is 14.3. The van der Waals surface area contributed by atoms with Crippen LogP contribution in [-0.4, -0.2) is 29.0 Å². The van der Waals surface area contributed by atoms with E-state index in [1.54, 1.807) is 11.9 Å². The van der Waals surface area contributed by atoms with Crippen LogP contribution in [0.15, 0.2) is 0 Å². The number of fused-ring (bicyclic) bond motifs is 3. The second-order valence-corrected chi connectivity index (χ2v) is 8.40. The first-order valence-corrected chi connectivity index (χ1v) is 9.97. The van der Waals surface area contributed by atoms with E-state index < -0.39 is 0 Å². The second-order valence-electron chi connectivity index (χ2n) is 8.40. The van der Waals surface area contributed by atoms with Gasteiger partial charge in [-0.3, -0.25) is 4.79 Å². The summed E-state index contributed by atoms with van der Waals surface area (Å²) in [6.07, 6.45) is 9.98. The van der Waals surface area contributed by atoms with E-state index in [2.05, 4.69) is 27.7 Å². The van der Waals surface area contributed by atoms with E-state index in [1.165, 1.54) is 38.5 Å². The quantitative estimate of drug-likeness (QED) is 0.670. The first kappa shape index (κ1) is 20.0. The summed E-state index contributed by atoms with van der Waals surface area (Å²) in [6.45, 7) is 10.3. The third kappa shape index (κ3) is 4.45. The fourth-order valence-corrected chi connectivity index (χ4v) is 3.89. The van der Waals surface area contributed by atoms with Crippen molar-refractivity contribution in [3.63, 3.8) is 0 Å². The first-order chi connectivity index (χ1) is 11.8. The minimum Gasteiger partial charge on any atom is -0.344 e. The average molecular weight is 351 g/mol. The van der Waals surface area contributed by atoms with Gasteiger partial charge >= 0.3 is 0 Å². The largest absolute Gasteiger partial charge is 0.344 e. The number of carbonyl (C=O) groups excluding carboxylic acids is 1. The molecule has 0 aromatic carbocycles. The summed E-state index contributed by atoms with van der Waals surface area (Å²) in [7, 11) is 1.73. The number of hydrogen-bond donors (Lipinski definition) is 0. The predicted octanol–water partition coefficient (Wildman–Crippen LogP) is 5.20. The Balaban J connectivity index is 0.000000242. The summed E-state index contributed by atoms with van der Waals surface area (Å²) in [6, 6.07) is 0. The van der Waals surface area contributed by atoms with Crippen LogP contribution in [0.3, 0.4) is 0 Å². The van der Waals surface area contributed by atoms with Gasteiger partial charge in [-0.1, -0.05) is 66.2 Å². The van der Waals surface area contributed by atoms with Crippen LogP contribution in [0.4, 0.5) is 4.39 Å². The van der Waals surface area contributed by atoms with Crippen LogP contribution < -0.4 is 0 Å². The molecule has 1 aromatic heterocycles. The molecule has 0 fully saturated rings. The van der Waals surface area contributed by atoms with Crippen LogP contribution in [0.25, 0.3) is 0 Å². The SMILES string of the molecule is CCCCCCCC.CN1CCc2c(c(F)c3n2CC(C)(C)C3)C1=O. The minimum atomic E-state index is -0.276. The van der Waals surface area contributed by atoms with Crippen molar-refractivity contribution in [1.29, 1.82) is 0 Å². The third-order valence-electron chi connectivity index (χ3n) is 5.35. The van der Waals surface area contributed by atoms with Crippen LogP contribution in [0.2, 0.25) is 0 Å². The van der Waals surface area contributed by atoms with Crippen LogP contribution >= 0.6 is 0 Å². The first-order valence-electron chi connectivity index (χ1n) is 9.97. The maximum Gasteiger partial charge on any atom is 0.258 e. The molecule has 3 rings (SSSR count). The van der Waals surface area contributed by atoms with Crippen molar-refractivity contribution in [3.8, 4) is 0 Å². The molecule has 25 heavy (non-hydrogen) atoms. The molecule has 3 nitrogen and oxygen atoms in total. The normalized spacial score (nSPS) is 17.8. The highest BCUT2D eigenvalue weighted by atomic mass is 19.1. The van der Waals surface area contributed by atoms with Crippen molar-refractivity contribution < 1.29 is 9.18 Å². The summed E-state index contributed by atoms with van der Waals surface area (Å²) < 4.78 is 16.4. The van der Waals surface area contributed by atoms with E-state index in [9.17, 15) is 9.18 Å². The van der Waals surface area contributed by atoms with Gasteiger partial charge in [-0.2, -0.15) is 0 Å². The number of amides is 1. The molecular formula is C21H35FN2O. The number of rotatable bonds is 5. The number of hydrogen-bond acceptors (Lipinski definition) is 1. The van der Waals surface area contributed by atoms with E-state index in [-0.39, 0.29) is 17.1 Å². The van der Waals surface area contributed by atoms with Crippen molar-refractivity contribution in [2.45, 2.75) is 85.6 Å². The van der Waals surface area contributed by atoms with E-state index in [4.69, 9.17) is 0 Å². The monoisotopic (exact) mass is 350 g/mol. The lowest BCUT2D eigenvalue weighted by Gasteiger charge is -2.25. The van der Waals surface area contributed by atoms with Gasteiger partial charge in [-0.25, -0.2) is 4.39 Å². The Kier molecular flexibility index (Phi) is 6.70. The number of carbonyl (C=O) groups is 1. The summed E-state index contributed by atoms with van der Waals surface area (Å²) >= 11 is 0. The highest BCUT2D eigenvalue weighted by Gasteiger charge is 2.39. The van der Waals surface area contributed by atoms with Gasteiger partial charge < -0.3 is 9.47 Å². The van der Waals surface area contributed by atoms with Crippen molar-refractivity contribution >= 4 is 5.91 Å². The van der Waals surface area contributed by atoms with E-state index in [0.717, 1.165) is 30.8 Å². The van der Waals surface area contributed by atoms with Crippen molar-refractivity contribution in [2.24, 2.45) is 5.41 Å². The van der Waals surface area contributed by atoms with Gasteiger partial charge in [0.2, 0.25) is 0 Å². The Hall–Kier alpha value is -1.32. The molecule has 0 unspecified atom stereocenters. The molecule has 2 aliphatic heterocycles. The summed E-state index contributed by atoms with van der Waals surface area (Å²) in [4.78, 5) is 13.6. The van der Waals surface area contributed by atoms with E-state index in [1.807, 2.05) is 4.57 Å². The third-order valence-corrected chi connectivity index (χ3v) is 5.35. The molecule has 0 atom stereocenters. The summed E-state index contributed by atoms with van der Waals surface area (Å²) in [5.74, 6) is -0.439. The van der Waals surface area contributed by atoms with Gasteiger partial charge in [-0.05, 0) is 11.8 Å². The molecule has 4 heteroatoms. The molecule has 142 valence electrons. The number of halogens is 1. The molecule has 0 bridgehead atoms. The Morgan fingerprint density at radius 2 is 1.64 bits per heavy atom. The molecule has 0 N–H and O–H groups in total. The highest BCUT2D eigenvalue weighted by molar-refractivity contribution is 5.97. The zero-order chi connectivity index (χ0) is 18.6. The van der Waals surface area contributed by atoms with E-state index >= 15 is 0 Å². The van der Waals surface area contributed by atoms with Gasteiger partial charge in [0.25, 0.3) is 5.91 Å². The summed E-state index contributed by atoms with van der Waals surface area (Å²) in [5, 5.41) is 0. The molecular weight excluding hydrogens is 315 g/mol. The van der Waals surface area contributed by atoms with Crippen LogP contribution in [0.1, 0.15) is 88.0 Å². The van der Waals surface area contributed by atoms with Crippen LogP contribution in [0, 0.1) is 11.2 Å². The molecule has 0 radical (unpaired) electrons. The number of unbranched alkanes of at least 4 members (excludes halogenated alkanes) is 5. The number of aromatic nitrogens is 1. The maximum absolute atomic E-state index is 14.3. The Bertz CT molecular complexity index is 598. The lowest BCUT2D eigenvalue weighted by Crippen LogP contribution is -2.35. The molecule has 0 aliphatic carbocycles. The van der Waals surface area contributed by atoms with Gasteiger partial charge in [0, 0.05) is 32.3 Å². The highest BCUT2D eigenvalue weighted by Crippen LogP contribution is 2.38. The molecule has 0 spiro atoms. The smallest absolute Gasteiger partial charge is 0.258 e. The van der Waals surface area contributed by atoms with Gasteiger partial charge in [0.05, 0.1) is 11.3 Å². The van der Waals surface area contributed by atoms with Crippen molar-refractivity contribution in [1.82, 2.24) is 9.47 Å². The predicted molar refractivity (Wildman–Crippen MR) is 102 cm³/mol. The number of nitrogens with zero attached hydrogens (tertiary/aromatic N) is 2. The fourth-order valence-electron chi connectivity index (χ4n) is 3.89. The van der Waals surface area contributed by atoms with Crippen LogP contribution in [0.5, 0.6) is 0 Å². The zero-order valence-electron chi connectivity index (χ0n) is 16.8. The molecule has 3 heterocycles. The van der Waals surface area contributed by atoms with Crippen LogP contribution in [-0.2, 0) is 19.4 Å². The zero-order valence-corrected chi connectivity index (χ0v) is 16.8. The molecule has 0 saturated heterocycles. The average Bonchev–Trinajstić information content (AvgIpc) is 3.01. The molecule has 2 aliphatic rings. The second kappa shape index (κ2) is 8.37. The van der Waals surface area contributed by atoms with Gasteiger partial charge in [0.15, 0.2) is 5.82 Å². The summed E-state index contributed by atoms with van der Waals surface area (Å²) in [5.41, 5.74) is 2.07. The van der Waals surface area contributed by atoms with Gasteiger partial charge in [0.1, 0.15) is 0 Å². The van der Waals surface area contributed by atoms with Crippen molar-refractivity contribution in [3.05, 3.63) is 22.8 Å². The van der Waals surface area contributed by atoms with Gasteiger partial charge in [-0.15, -0.1) is 0 Å².